The summed E-state index contributed by atoms with van der Waals surface area (Å²) < 4.78 is 6.30. The van der Waals surface area contributed by atoms with E-state index in [0.717, 1.165) is 4.68 Å². The fraction of sp³-hybridized carbons (Fsp3) is 0.0625. The number of halogens is 1. The van der Waals surface area contributed by atoms with Crippen molar-refractivity contribution in [3.05, 3.63) is 64.6 Å². The van der Waals surface area contributed by atoms with Gasteiger partial charge in [0.25, 0.3) is 10.8 Å². The summed E-state index contributed by atoms with van der Waals surface area (Å²) in [6, 6.07) is 13.6. The highest BCUT2D eigenvalue weighted by molar-refractivity contribution is 6.68. The van der Waals surface area contributed by atoms with Gasteiger partial charge in [-0.05, 0) is 29.8 Å². The van der Waals surface area contributed by atoms with E-state index in [1.165, 1.54) is 7.11 Å². The highest BCUT2D eigenvalue weighted by atomic mass is 35.5. The lowest BCUT2D eigenvalue weighted by atomic mass is 10.1. The number of aromatic nitrogens is 2. The Kier molecular flexibility index (Phi) is 3.65. The van der Waals surface area contributed by atoms with Gasteiger partial charge in [0, 0.05) is 11.5 Å². The number of fused-ring (bicyclic) bond motifs is 1. The molecule has 6 heteroatoms. The van der Waals surface area contributed by atoms with Gasteiger partial charge in [0.15, 0.2) is 5.69 Å². The van der Waals surface area contributed by atoms with E-state index in [1.54, 1.807) is 48.5 Å². The topological polar surface area (TPSA) is 61.2 Å². The second-order valence-corrected chi connectivity index (χ2v) is 4.93. The molecule has 2 aromatic carbocycles. The van der Waals surface area contributed by atoms with Crippen LogP contribution in [0.3, 0.4) is 0 Å². The summed E-state index contributed by atoms with van der Waals surface area (Å²) in [5.41, 5.74) is 0.208. The average molecular weight is 315 g/mol. The lowest BCUT2D eigenvalue weighted by Crippen LogP contribution is -2.23. The van der Waals surface area contributed by atoms with Crippen molar-refractivity contribution < 1.29 is 9.53 Å². The van der Waals surface area contributed by atoms with Crippen molar-refractivity contribution in [2.75, 3.05) is 7.11 Å². The van der Waals surface area contributed by atoms with Crippen molar-refractivity contribution in [2.24, 2.45) is 0 Å². The van der Waals surface area contributed by atoms with Crippen molar-refractivity contribution in [2.45, 2.75) is 0 Å². The van der Waals surface area contributed by atoms with Crippen LogP contribution in [0.15, 0.2) is 53.3 Å². The number of nitrogens with zero attached hydrogens (tertiary/aromatic N) is 2. The quantitative estimate of drug-likeness (QED) is 0.697. The molecule has 0 aliphatic heterocycles. The Morgan fingerprint density at radius 2 is 1.86 bits per heavy atom. The van der Waals surface area contributed by atoms with E-state index < -0.39 is 5.24 Å². The monoisotopic (exact) mass is 314 g/mol. The van der Waals surface area contributed by atoms with E-state index in [4.69, 9.17) is 16.3 Å². The molecule has 0 saturated carbocycles. The molecule has 1 heterocycles. The molecule has 0 saturated heterocycles. The second-order valence-electron chi connectivity index (χ2n) is 4.59. The van der Waals surface area contributed by atoms with Gasteiger partial charge in [-0.1, -0.05) is 24.3 Å². The van der Waals surface area contributed by atoms with Crippen LogP contribution in [0.25, 0.3) is 16.5 Å². The fourth-order valence-corrected chi connectivity index (χ4v) is 2.39. The summed E-state index contributed by atoms with van der Waals surface area (Å²) in [7, 11) is 1.53. The maximum Gasteiger partial charge on any atom is 0.279 e. The molecule has 0 radical (unpaired) electrons. The number of benzene rings is 2. The van der Waals surface area contributed by atoms with E-state index in [1.807, 2.05) is 0 Å². The molecule has 0 fully saturated rings. The van der Waals surface area contributed by atoms with E-state index in [9.17, 15) is 9.59 Å². The Labute approximate surface area is 130 Å². The molecule has 0 aliphatic carbocycles. The van der Waals surface area contributed by atoms with Crippen molar-refractivity contribution in [3.63, 3.8) is 0 Å². The van der Waals surface area contributed by atoms with E-state index >= 15 is 0 Å². The number of hydrogen-bond donors (Lipinski definition) is 0. The Balaban J connectivity index is 2.37. The van der Waals surface area contributed by atoms with Gasteiger partial charge in [-0.2, -0.15) is 9.78 Å². The molecule has 0 bridgehead atoms. The summed E-state index contributed by atoms with van der Waals surface area (Å²) in [6.45, 7) is 0. The first-order valence-corrected chi connectivity index (χ1v) is 6.86. The molecule has 0 aliphatic rings. The first kappa shape index (κ1) is 14.3. The predicted octanol–water partition coefficient (Wildman–Crippen LogP) is 2.77. The molecule has 0 amide bonds. The Morgan fingerprint density at radius 3 is 2.55 bits per heavy atom. The first-order chi connectivity index (χ1) is 10.6. The number of carbonyl (C=O) groups excluding carboxylic acids is 1. The summed E-state index contributed by atoms with van der Waals surface area (Å²) in [4.78, 5) is 24.2. The van der Waals surface area contributed by atoms with E-state index in [0.29, 0.717) is 22.2 Å². The lowest BCUT2D eigenvalue weighted by molar-refractivity contribution is 0.107. The third-order valence-corrected chi connectivity index (χ3v) is 3.47. The molecule has 0 spiro atoms. The number of carbonyl (C=O) groups is 1. The van der Waals surface area contributed by atoms with Crippen molar-refractivity contribution in [3.8, 4) is 11.4 Å². The summed E-state index contributed by atoms with van der Waals surface area (Å²) in [5, 5.41) is 4.21. The van der Waals surface area contributed by atoms with Crippen LogP contribution in [0.1, 0.15) is 10.5 Å². The van der Waals surface area contributed by atoms with Gasteiger partial charge in [-0.25, -0.2) is 0 Å². The smallest absolute Gasteiger partial charge is 0.279 e. The van der Waals surface area contributed by atoms with Gasteiger partial charge in [-0.3, -0.25) is 9.59 Å². The Bertz CT molecular complexity index is 934. The number of ether oxygens (including phenoxy) is 1. The molecule has 3 aromatic rings. The van der Waals surface area contributed by atoms with Crippen LogP contribution in [0, 0.1) is 0 Å². The zero-order valence-corrected chi connectivity index (χ0v) is 12.4. The van der Waals surface area contributed by atoms with Crippen LogP contribution in [-0.2, 0) is 0 Å². The highest BCUT2D eigenvalue weighted by Gasteiger charge is 2.15. The molecule has 0 N–H and O–H groups in total. The Hall–Kier alpha value is -2.66. The number of methoxy groups -OCH3 is 1. The fourth-order valence-electron chi connectivity index (χ4n) is 2.25. The normalized spacial score (nSPS) is 10.6. The van der Waals surface area contributed by atoms with Crippen LogP contribution in [0.2, 0.25) is 0 Å². The highest BCUT2D eigenvalue weighted by Crippen LogP contribution is 2.19. The molecular weight excluding hydrogens is 304 g/mol. The molecule has 1 aromatic heterocycles. The zero-order valence-electron chi connectivity index (χ0n) is 11.6. The SMILES string of the molecule is COc1cccc(-n2nc(C(=O)Cl)c3ccccc3c2=O)c1. The summed E-state index contributed by atoms with van der Waals surface area (Å²) >= 11 is 5.61. The van der Waals surface area contributed by atoms with Crippen LogP contribution < -0.4 is 10.3 Å². The minimum absolute atomic E-state index is 0.0414. The number of rotatable bonds is 3. The lowest BCUT2D eigenvalue weighted by Gasteiger charge is -2.09. The van der Waals surface area contributed by atoms with Crippen LogP contribution in [0.4, 0.5) is 0 Å². The standard InChI is InChI=1S/C16H11ClN2O3/c1-22-11-6-4-5-10(9-11)19-16(21)13-8-3-2-7-12(13)14(18-19)15(17)20/h2-9H,1H3. The van der Waals surface area contributed by atoms with Crippen molar-refractivity contribution in [1.29, 1.82) is 0 Å². The maximum atomic E-state index is 12.6. The third-order valence-electron chi connectivity index (χ3n) is 3.29. The van der Waals surface area contributed by atoms with Gasteiger partial charge < -0.3 is 4.74 Å². The molecule has 0 unspecified atom stereocenters. The molecule has 110 valence electrons. The zero-order chi connectivity index (χ0) is 15.7. The largest absolute Gasteiger partial charge is 0.497 e. The van der Waals surface area contributed by atoms with Gasteiger partial charge in [0.05, 0.1) is 18.2 Å². The summed E-state index contributed by atoms with van der Waals surface area (Å²) in [5.74, 6) is 0.582. The predicted molar refractivity (Wildman–Crippen MR) is 84.1 cm³/mol. The molecule has 5 nitrogen and oxygen atoms in total. The van der Waals surface area contributed by atoms with Crippen molar-refractivity contribution in [1.82, 2.24) is 9.78 Å². The van der Waals surface area contributed by atoms with Crippen LogP contribution in [0.5, 0.6) is 5.75 Å². The van der Waals surface area contributed by atoms with Crippen molar-refractivity contribution >= 4 is 27.6 Å². The van der Waals surface area contributed by atoms with Crippen LogP contribution >= 0.6 is 11.6 Å². The van der Waals surface area contributed by atoms with Crippen LogP contribution in [-0.4, -0.2) is 22.1 Å². The minimum atomic E-state index is -0.715. The molecule has 0 atom stereocenters. The second kappa shape index (κ2) is 5.61. The maximum absolute atomic E-state index is 12.6. The Morgan fingerprint density at radius 1 is 1.14 bits per heavy atom. The number of hydrogen-bond acceptors (Lipinski definition) is 4. The van der Waals surface area contributed by atoms with Gasteiger partial charge in [0.2, 0.25) is 0 Å². The van der Waals surface area contributed by atoms with E-state index in [-0.39, 0.29) is 11.3 Å². The summed E-state index contributed by atoms with van der Waals surface area (Å²) in [6.07, 6.45) is 0. The molecule has 22 heavy (non-hydrogen) atoms. The van der Waals surface area contributed by atoms with E-state index in [2.05, 4.69) is 5.10 Å². The van der Waals surface area contributed by atoms with Gasteiger partial charge in [0.1, 0.15) is 5.75 Å². The first-order valence-electron chi connectivity index (χ1n) is 6.48. The van der Waals surface area contributed by atoms with Gasteiger partial charge >= 0.3 is 0 Å². The minimum Gasteiger partial charge on any atom is -0.497 e. The molecule has 3 rings (SSSR count). The average Bonchev–Trinajstić information content (AvgIpc) is 2.55. The van der Waals surface area contributed by atoms with Gasteiger partial charge in [-0.15, -0.1) is 0 Å². The molecular formula is C16H11ClN2O3. The third kappa shape index (κ3) is 2.35.